The molecular weight excluding hydrogens is 450 g/mol. The normalized spacial score (nSPS) is 10.8. The van der Waals surface area contributed by atoms with Gasteiger partial charge in [-0.1, -0.05) is 5.16 Å². The number of thioether (sulfide) groups is 1. The van der Waals surface area contributed by atoms with Gasteiger partial charge in [0.2, 0.25) is 5.89 Å². The lowest BCUT2D eigenvalue weighted by atomic mass is 10.2. The summed E-state index contributed by atoms with van der Waals surface area (Å²) in [6, 6.07) is 8.95. The van der Waals surface area contributed by atoms with E-state index < -0.39 is 10.9 Å². The second kappa shape index (κ2) is 9.61. The lowest BCUT2D eigenvalue weighted by Gasteiger charge is -2.07. The van der Waals surface area contributed by atoms with Crippen LogP contribution in [0.4, 0.5) is 5.69 Å². The van der Waals surface area contributed by atoms with E-state index >= 15 is 0 Å². The second-order valence-electron chi connectivity index (χ2n) is 6.83. The molecule has 0 radical (unpaired) electrons. The van der Waals surface area contributed by atoms with Gasteiger partial charge < -0.3 is 13.7 Å². The van der Waals surface area contributed by atoms with E-state index in [1.165, 1.54) is 36.0 Å². The molecule has 0 saturated carbocycles. The van der Waals surface area contributed by atoms with Gasteiger partial charge in [-0.3, -0.25) is 10.1 Å². The summed E-state index contributed by atoms with van der Waals surface area (Å²) in [6.45, 7) is 3.45. The predicted molar refractivity (Wildman–Crippen MR) is 115 cm³/mol. The number of non-ortho nitro benzene ring substituents is 1. The van der Waals surface area contributed by atoms with E-state index in [-0.39, 0.29) is 24.1 Å². The fourth-order valence-electron chi connectivity index (χ4n) is 2.87. The van der Waals surface area contributed by atoms with E-state index in [1.54, 1.807) is 18.3 Å². The van der Waals surface area contributed by atoms with Crippen molar-refractivity contribution >= 4 is 23.4 Å². The number of nitro groups is 1. The van der Waals surface area contributed by atoms with Crippen molar-refractivity contribution in [1.29, 1.82) is 0 Å². The highest BCUT2D eigenvalue weighted by Crippen LogP contribution is 2.28. The second-order valence-corrected chi connectivity index (χ2v) is 7.79. The highest BCUT2D eigenvalue weighted by molar-refractivity contribution is 7.98. The summed E-state index contributed by atoms with van der Waals surface area (Å²) in [6.07, 6.45) is 1.60. The summed E-state index contributed by atoms with van der Waals surface area (Å²) in [5.41, 5.74) is 2.52. The van der Waals surface area contributed by atoms with Crippen molar-refractivity contribution in [2.45, 2.75) is 31.2 Å². The van der Waals surface area contributed by atoms with Crippen molar-refractivity contribution in [3.05, 3.63) is 81.2 Å². The molecule has 1 aromatic carbocycles. The van der Waals surface area contributed by atoms with Gasteiger partial charge in [0.05, 0.1) is 16.2 Å². The number of nitrogens with zero attached hydrogens (tertiary/aromatic N) is 5. The molecule has 0 unspecified atom stereocenters. The third-order valence-electron chi connectivity index (χ3n) is 4.64. The summed E-state index contributed by atoms with van der Waals surface area (Å²) in [4.78, 5) is 27.2. The zero-order chi connectivity index (χ0) is 23.4. The molecule has 3 aromatic heterocycles. The van der Waals surface area contributed by atoms with Crippen LogP contribution in [-0.2, 0) is 17.1 Å². The molecule has 0 fully saturated rings. The van der Waals surface area contributed by atoms with Crippen LogP contribution >= 0.6 is 11.8 Å². The van der Waals surface area contributed by atoms with Crippen molar-refractivity contribution in [2.75, 3.05) is 0 Å². The fraction of sp³-hybridized carbons (Fsp3) is 0.190. The van der Waals surface area contributed by atoms with Gasteiger partial charge in [-0.2, -0.15) is 0 Å². The number of aryl methyl sites for hydroxylation is 2. The first-order valence-electron chi connectivity index (χ1n) is 9.66. The maximum Gasteiger partial charge on any atom is 0.341 e. The van der Waals surface area contributed by atoms with Crippen LogP contribution in [-0.4, -0.2) is 31.2 Å². The Bertz CT molecular complexity index is 1280. The number of carbonyl (C=O) groups is 1. The summed E-state index contributed by atoms with van der Waals surface area (Å²) >= 11 is 1.38. The summed E-state index contributed by atoms with van der Waals surface area (Å²) < 4.78 is 16.0. The van der Waals surface area contributed by atoms with Crippen molar-refractivity contribution < 1.29 is 23.4 Å². The van der Waals surface area contributed by atoms with Gasteiger partial charge in [-0.25, -0.2) is 9.78 Å². The molecule has 0 aliphatic rings. The minimum Gasteiger partial charge on any atom is -0.452 e. The topological polar surface area (TPSA) is 147 Å². The Kier molecular flexibility index (Phi) is 6.45. The maximum absolute atomic E-state index is 12.7. The van der Waals surface area contributed by atoms with Gasteiger partial charge in [0.1, 0.15) is 10.8 Å². The Labute approximate surface area is 191 Å². The molecule has 0 saturated heterocycles. The highest BCUT2D eigenvalue weighted by atomic mass is 32.2. The Morgan fingerprint density at radius 2 is 1.97 bits per heavy atom. The number of benzene rings is 1. The van der Waals surface area contributed by atoms with Crippen LogP contribution < -0.4 is 0 Å². The van der Waals surface area contributed by atoms with E-state index in [0.29, 0.717) is 21.9 Å². The van der Waals surface area contributed by atoms with Gasteiger partial charge >= 0.3 is 5.97 Å². The number of hydrogen-bond donors (Lipinski definition) is 0. The number of nitro benzene ring substituents is 1. The molecule has 4 rings (SSSR count). The summed E-state index contributed by atoms with van der Waals surface area (Å²) in [5.74, 6) is 0.930. The molecule has 33 heavy (non-hydrogen) atoms. The van der Waals surface area contributed by atoms with Gasteiger partial charge in [-0.15, -0.1) is 22.0 Å². The molecule has 0 atom stereocenters. The van der Waals surface area contributed by atoms with Crippen LogP contribution in [0.25, 0.3) is 11.5 Å². The first kappa shape index (κ1) is 22.1. The van der Waals surface area contributed by atoms with E-state index in [0.717, 1.165) is 17.0 Å². The molecule has 12 heteroatoms. The van der Waals surface area contributed by atoms with Crippen molar-refractivity contribution in [3.63, 3.8) is 0 Å². The van der Waals surface area contributed by atoms with E-state index in [2.05, 4.69) is 20.3 Å². The van der Waals surface area contributed by atoms with Crippen molar-refractivity contribution in [3.8, 4) is 11.5 Å². The summed E-state index contributed by atoms with van der Waals surface area (Å²) in [7, 11) is 0. The Morgan fingerprint density at radius 3 is 2.67 bits per heavy atom. The zero-order valence-corrected chi connectivity index (χ0v) is 18.4. The smallest absolute Gasteiger partial charge is 0.341 e. The van der Waals surface area contributed by atoms with Crippen LogP contribution in [0.3, 0.4) is 0 Å². The van der Waals surface area contributed by atoms with Crippen molar-refractivity contribution in [1.82, 2.24) is 20.3 Å². The molecule has 4 aromatic rings. The van der Waals surface area contributed by atoms with Crippen LogP contribution in [0.2, 0.25) is 0 Å². The molecule has 0 bridgehead atoms. The number of pyridine rings is 1. The molecule has 168 valence electrons. The van der Waals surface area contributed by atoms with Gasteiger partial charge in [0.25, 0.3) is 11.6 Å². The molecular formula is C21H17N5O6S. The van der Waals surface area contributed by atoms with Crippen molar-refractivity contribution in [2.24, 2.45) is 0 Å². The van der Waals surface area contributed by atoms with E-state index in [1.807, 2.05) is 13.8 Å². The molecule has 0 amide bonds. The summed E-state index contributed by atoms with van der Waals surface area (Å²) in [5, 5.41) is 23.0. The lowest BCUT2D eigenvalue weighted by Crippen LogP contribution is -2.08. The largest absolute Gasteiger partial charge is 0.452 e. The Hall–Kier alpha value is -4.06. The average Bonchev–Trinajstić information content (AvgIpc) is 3.43. The quantitative estimate of drug-likeness (QED) is 0.158. The number of ether oxygens (including phenoxy) is 1. The van der Waals surface area contributed by atoms with Crippen LogP contribution in [0, 0.1) is 24.0 Å². The highest BCUT2D eigenvalue weighted by Gasteiger charge is 2.18. The molecule has 0 aliphatic carbocycles. The number of esters is 1. The van der Waals surface area contributed by atoms with Gasteiger partial charge in [0.15, 0.2) is 6.61 Å². The van der Waals surface area contributed by atoms with Gasteiger partial charge in [0, 0.05) is 35.2 Å². The molecule has 0 N–H and O–H groups in total. The zero-order valence-electron chi connectivity index (χ0n) is 17.5. The van der Waals surface area contributed by atoms with E-state index in [4.69, 9.17) is 13.7 Å². The first-order valence-corrected chi connectivity index (χ1v) is 10.6. The maximum atomic E-state index is 12.7. The Morgan fingerprint density at radius 1 is 1.18 bits per heavy atom. The first-order chi connectivity index (χ1) is 15.9. The molecule has 0 spiro atoms. The third-order valence-corrected chi connectivity index (χ3v) is 5.68. The number of carbonyl (C=O) groups excluding carboxylic acids is 1. The minimum absolute atomic E-state index is 0.0492. The number of rotatable bonds is 8. The van der Waals surface area contributed by atoms with Crippen LogP contribution in [0.15, 0.2) is 56.6 Å². The monoisotopic (exact) mass is 467 g/mol. The molecule has 0 aliphatic heterocycles. The number of aromatic nitrogens is 4. The third kappa shape index (κ3) is 5.06. The number of hydrogen-bond acceptors (Lipinski definition) is 11. The van der Waals surface area contributed by atoms with Crippen LogP contribution in [0.5, 0.6) is 0 Å². The van der Waals surface area contributed by atoms with E-state index in [9.17, 15) is 14.9 Å². The molecule has 11 nitrogen and oxygen atoms in total. The fourth-order valence-corrected chi connectivity index (χ4v) is 4.00. The average molecular weight is 467 g/mol. The van der Waals surface area contributed by atoms with Crippen LogP contribution in [0.1, 0.15) is 33.3 Å². The molecule has 3 heterocycles. The Balaban J connectivity index is 1.40. The minimum atomic E-state index is -0.584. The SMILES string of the molecule is Cc1noc(C)c1CSc1ncccc1C(=O)OCc1nnc(-c2ccc([N+](=O)[O-])cc2)o1. The standard InChI is InChI=1S/C21H17N5O6S/c1-12-17(13(2)32-25-12)11-33-20-16(4-3-9-22-20)21(27)30-10-18-23-24-19(31-18)14-5-7-15(8-6-14)26(28)29/h3-9H,10-11H2,1-2H3. The predicted octanol–water partition coefficient (Wildman–Crippen LogP) is 4.29. The van der Waals surface area contributed by atoms with Gasteiger partial charge in [-0.05, 0) is 38.1 Å². The lowest BCUT2D eigenvalue weighted by molar-refractivity contribution is -0.384.